The number of thiophene rings is 1. The van der Waals surface area contributed by atoms with E-state index in [0.717, 1.165) is 12.1 Å². The summed E-state index contributed by atoms with van der Waals surface area (Å²) in [6, 6.07) is 8.67. The minimum atomic E-state index is 0.361. The Balaban J connectivity index is 2.12. The van der Waals surface area contributed by atoms with E-state index in [1.807, 2.05) is 25.4 Å². The van der Waals surface area contributed by atoms with Crippen LogP contribution >= 0.6 is 11.3 Å². The van der Waals surface area contributed by atoms with Gasteiger partial charge in [0.2, 0.25) is 0 Å². The van der Waals surface area contributed by atoms with Gasteiger partial charge in [-0.3, -0.25) is 4.98 Å². The van der Waals surface area contributed by atoms with Crippen molar-refractivity contribution in [1.29, 1.82) is 0 Å². The molecule has 2 rings (SSSR count). The SMILES string of the molecule is CNC(Cc1ccccn1)c1csc(C)c1. The van der Waals surface area contributed by atoms with E-state index in [-0.39, 0.29) is 0 Å². The Hall–Kier alpha value is -1.19. The number of aryl methyl sites for hydroxylation is 1. The fourth-order valence-electron chi connectivity index (χ4n) is 1.76. The summed E-state index contributed by atoms with van der Waals surface area (Å²) in [5.74, 6) is 0. The maximum absolute atomic E-state index is 4.36. The molecule has 0 saturated carbocycles. The molecule has 84 valence electrons. The molecule has 0 radical (unpaired) electrons. The van der Waals surface area contributed by atoms with Gasteiger partial charge in [-0.15, -0.1) is 11.3 Å². The van der Waals surface area contributed by atoms with Gasteiger partial charge in [0.05, 0.1) is 0 Å². The first-order valence-corrected chi connectivity index (χ1v) is 6.30. The zero-order chi connectivity index (χ0) is 11.4. The second kappa shape index (κ2) is 5.23. The summed E-state index contributed by atoms with van der Waals surface area (Å²) in [6.45, 7) is 2.14. The maximum Gasteiger partial charge on any atom is 0.0422 e. The highest BCUT2D eigenvalue weighted by atomic mass is 32.1. The average Bonchev–Trinajstić information content (AvgIpc) is 2.74. The zero-order valence-corrected chi connectivity index (χ0v) is 10.4. The molecule has 0 bridgehead atoms. The third-order valence-corrected chi connectivity index (χ3v) is 3.52. The van der Waals surface area contributed by atoms with Crippen molar-refractivity contribution in [3.63, 3.8) is 0 Å². The third-order valence-electron chi connectivity index (χ3n) is 2.64. The fourth-order valence-corrected chi connectivity index (χ4v) is 2.52. The fraction of sp³-hybridized carbons (Fsp3) is 0.308. The first-order valence-electron chi connectivity index (χ1n) is 5.42. The van der Waals surface area contributed by atoms with Gasteiger partial charge >= 0.3 is 0 Å². The van der Waals surface area contributed by atoms with Gasteiger partial charge in [0.15, 0.2) is 0 Å². The molecule has 2 aromatic rings. The van der Waals surface area contributed by atoms with Crippen molar-refractivity contribution in [2.75, 3.05) is 7.05 Å². The predicted octanol–water partition coefficient (Wildman–Crippen LogP) is 2.95. The monoisotopic (exact) mass is 232 g/mol. The minimum absolute atomic E-state index is 0.361. The van der Waals surface area contributed by atoms with E-state index in [9.17, 15) is 0 Å². The third kappa shape index (κ3) is 2.68. The summed E-state index contributed by atoms with van der Waals surface area (Å²) in [6.07, 6.45) is 2.79. The van der Waals surface area contributed by atoms with Crippen LogP contribution in [-0.2, 0) is 6.42 Å². The summed E-state index contributed by atoms with van der Waals surface area (Å²) in [5, 5.41) is 5.57. The Morgan fingerprint density at radius 1 is 1.44 bits per heavy atom. The first kappa shape index (κ1) is 11.3. The van der Waals surface area contributed by atoms with Gasteiger partial charge in [-0.2, -0.15) is 0 Å². The highest BCUT2D eigenvalue weighted by Crippen LogP contribution is 2.22. The molecule has 0 spiro atoms. The number of hydrogen-bond acceptors (Lipinski definition) is 3. The van der Waals surface area contributed by atoms with Gasteiger partial charge in [0.1, 0.15) is 0 Å². The van der Waals surface area contributed by atoms with E-state index in [1.54, 1.807) is 11.3 Å². The molecule has 2 heterocycles. The van der Waals surface area contributed by atoms with Crippen LogP contribution < -0.4 is 5.32 Å². The summed E-state index contributed by atoms with van der Waals surface area (Å²) < 4.78 is 0. The molecule has 0 aliphatic carbocycles. The molecule has 0 aliphatic heterocycles. The van der Waals surface area contributed by atoms with Crippen molar-refractivity contribution >= 4 is 11.3 Å². The quantitative estimate of drug-likeness (QED) is 0.876. The average molecular weight is 232 g/mol. The molecule has 2 nitrogen and oxygen atoms in total. The highest BCUT2D eigenvalue weighted by molar-refractivity contribution is 7.10. The summed E-state index contributed by atoms with van der Waals surface area (Å²) in [4.78, 5) is 5.72. The normalized spacial score (nSPS) is 12.6. The van der Waals surface area contributed by atoms with Gasteiger partial charge in [0.25, 0.3) is 0 Å². The molecule has 0 fully saturated rings. The second-order valence-electron chi connectivity index (χ2n) is 3.86. The number of rotatable bonds is 4. The molecule has 2 aromatic heterocycles. The van der Waals surface area contributed by atoms with Crippen LogP contribution in [0.15, 0.2) is 35.8 Å². The van der Waals surface area contributed by atoms with Crippen LogP contribution in [-0.4, -0.2) is 12.0 Å². The number of aromatic nitrogens is 1. The van der Waals surface area contributed by atoms with Crippen LogP contribution in [0.1, 0.15) is 22.2 Å². The first-order chi connectivity index (χ1) is 7.79. The minimum Gasteiger partial charge on any atom is -0.313 e. The van der Waals surface area contributed by atoms with E-state index in [4.69, 9.17) is 0 Å². The van der Waals surface area contributed by atoms with Crippen LogP contribution in [0, 0.1) is 6.92 Å². The lowest BCUT2D eigenvalue weighted by atomic mass is 10.0. The van der Waals surface area contributed by atoms with Crippen molar-refractivity contribution in [3.8, 4) is 0 Å². The number of nitrogens with zero attached hydrogens (tertiary/aromatic N) is 1. The van der Waals surface area contributed by atoms with E-state index in [0.29, 0.717) is 6.04 Å². The maximum atomic E-state index is 4.36. The molecule has 3 heteroatoms. The molecule has 0 aliphatic rings. The van der Waals surface area contributed by atoms with E-state index >= 15 is 0 Å². The molecule has 16 heavy (non-hydrogen) atoms. The van der Waals surface area contributed by atoms with Crippen molar-refractivity contribution in [1.82, 2.24) is 10.3 Å². The van der Waals surface area contributed by atoms with Gasteiger partial charge in [0, 0.05) is 29.2 Å². The Labute approximate surface area is 100 Å². The predicted molar refractivity (Wildman–Crippen MR) is 68.8 cm³/mol. The largest absolute Gasteiger partial charge is 0.313 e. The molecule has 1 N–H and O–H groups in total. The van der Waals surface area contributed by atoms with Crippen molar-refractivity contribution in [3.05, 3.63) is 52.0 Å². The molecule has 1 atom stereocenters. The lowest BCUT2D eigenvalue weighted by Gasteiger charge is -2.14. The van der Waals surface area contributed by atoms with Crippen molar-refractivity contribution in [2.24, 2.45) is 0 Å². The molecule has 0 saturated heterocycles. The Kier molecular flexibility index (Phi) is 3.70. The van der Waals surface area contributed by atoms with Crippen LogP contribution in [0.4, 0.5) is 0 Å². The van der Waals surface area contributed by atoms with E-state index in [2.05, 4.69) is 34.7 Å². The number of pyridine rings is 1. The summed E-state index contributed by atoms with van der Waals surface area (Å²) >= 11 is 1.80. The van der Waals surface area contributed by atoms with Gasteiger partial charge < -0.3 is 5.32 Å². The topological polar surface area (TPSA) is 24.9 Å². The lowest BCUT2D eigenvalue weighted by molar-refractivity contribution is 0.586. The van der Waals surface area contributed by atoms with Gasteiger partial charge in [-0.25, -0.2) is 0 Å². The van der Waals surface area contributed by atoms with E-state index in [1.165, 1.54) is 10.4 Å². The molecule has 0 amide bonds. The van der Waals surface area contributed by atoms with Crippen LogP contribution in [0.5, 0.6) is 0 Å². The van der Waals surface area contributed by atoms with E-state index < -0.39 is 0 Å². The Morgan fingerprint density at radius 3 is 2.88 bits per heavy atom. The lowest BCUT2D eigenvalue weighted by Crippen LogP contribution is -2.18. The Morgan fingerprint density at radius 2 is 2.31 bits per heavy atom. The van der Waals surface area contributed by atoms with Crippen molar-refractivity contribution in [2.45, 2.75) is 19.4 Å². The molecule has 1 unspecified atom stereocenters. The van der Waals surface area contributed by atoms with Gasteiger partial charge in [-0.1, -0.05) is 6.07 Å². The summed E-state index contributed by atoms with van der Waals surface area (Å²) in [5.41, 5.74) is 2.49. The number of nitrogens with one attached hydrogen (secondary N) is 1. The van der Waals surface area contributed by atoms with Crippen LogP contribution in [0.2, 0.25) is 0 Å². The number of hydrogen-bond donors (Lipinski definition) is 1. The Bertz CT molecular complexity index is 436. The molecule has 0 aromatic carbocycles. The van der Waals surface area contributed by atoms with Gasteiger partial charge in [-0.05, 0) is 43.1 Å². The molecular formula is C13H16N2S. The van der Waals surface area contributed by atoms with Crippen LogP contribution in [0.25, 0.3) is 0 Å². The summed E-state index contributed by atoms with van der Waals surface area (Å²) in [7, 11) is 2.00. The number of likely N-dealkylation sites (N-methyl/N-ethyl adjacent to an activating group) is 1. The zero-order valence-electron chi connectivity index (χ0n) is 9.60. The van der Waals surface area contributed by atoms with Crippen molar-refractivity contribution < 1.29 is 0 Å². The molecular weight excluding hydrogens is 216 g/mol. The highest BCUT2D eigenvalue weighted by Gasteiger charge is 2.11. The van der Waals surface area contributed by atoms with Crippen LogP contribution in [0.3, 0.4) is 0 Å². The second-order valence-corrected chi connectivity index (χ2v) is 4.97. The standard InChI is InChI=1S/C13H16N2S/c1-10-7-11(9-16-10)13(14-2)8-12-5-3-4-6-15-12/h3-7,9,13-14H,8H2,1-2H3. The smallest absolute Gasteiger partial charge is 0.0422 e.